The number of carbonyl (C=O) groups excluding carboxylic acids is 1. The van der Waals surface area contributed by atoms with E-state index in [9.17, 15) is 4.79 Å². The smallest absolute Gasteiger partial charge is 0.273 e. The summed E-state index contributed by atoms with van der Waals surface area (Å²) >= 11 is 0. The number of amides is 1. The van der Waals surface area contributed by atoms with Crippen LogP contribution in [0.1, 0.15) is 48.7 Å². The van der Waals surface area contributed by atoms with E-state index in [0.717, 1.165) is 68.0 Å². The van der Waals surface area contributed by atoms with Gasteiger partial charge < -0.3 is 30.9 Å². The van der Waals surface area contributed by atoms with Gasteiger partial charge in [-0.15, -0.1) is 10.2 Å². The van der Waals surface area contributed by atoms with E-state index in [1.807, 2.05) is 55.5 Å². The van der Waals surface area contributed by atoms with Gasteiger partial charge in [0.1, 0.15) is 11.6 Å². The number of likely N-dealkylation sites (tertiary alicyclic amines) is 1. The van der Waals surface area contributed by atoms with E-state index in [-0.39, 0.29) is 17.6 Å². The fraction of sp³-hybridized carbons (Fsp3) is 0.393. The molecule has 2 aliphatic heterocycles. The summed E-state index contributed by atoms with van der Waals surface area (Å²) in [7, 11) is 0. The van der Waals surface area contributed by atoms with Crippen molar-refractivity contribution < 1.29 is 9.53 Å². The predicted octanol–water partition coefficient (Wildman–Crippen LogP) is 3.61. The van der Waals surface area contributed by atoms with Crippen LogP contribution in [0.4, 0.5) is 23.1 Å². The topological polar surface area (TPSA) is 145 Å². The molecule has 0 unspecified atom stereocenters. The lowest BCUT2D eigenvalue weighted by molar-refractivity contribution is 0.0995. The molecule has 0 bridgehead atoms. The molecule has 5 rings (SSSR count). The summed E-state index contributed by atoms with van der Waals surface area (Å²) in [5.74, 6) is 1.37. The lowest BCUT2D eigenvalue weighted by atomic mass is 10.1. The number of nitrogens with one attached hydrogen (secondary N) is 3. The molecule has 2 fully saturated rings. The number of hydrogen-bond acceptors (Lipinski definition) is 9. The minimum absolute atomic E-state index is 0.0197. The highest BCUT2D eigenvalue weighted by atomic mass is 16.5. The second-order valence-electron chi connectivity index (χ2n) is 9.81. The number of nitrogens with two attached hydrogens (primary N) is 1. The molecule has 39 heavy (non-hydrogen) atoms. The van der Waals surface area contributed by atoms with Crippen LogP contribution in [-0.4, -0.2) is 70.7 Å². The molecule has 0 radical (unpaired) electrons. The first-order valence-electron chi connectivity index (χ1n) is 13.5. The van der Waals surface area contributed by atoms with Crippen LogP contribution in [-0.2, 0) is 0 Å². The monoisotopic (exact) mass is 529 g/mol. The summed E-state index contributed by atoms with van der Waals surface area (Å²) < 4.78 is 5.53. The van der Waals surface area contributed by atoms with Crippen LogP contribution in [0, 0.1) is 5.41 Å². The Bertz CT molecular complexity index is 1290. The summed E-state index contributed by atoms with van der Waals surface area (Å²) in [6, 6.07) is 15.7. The number of amidine groups is 1. The number of primary amides is 1. The van der Waals surface area contributed by atoms with Crippen molar-refractivity contribution in [2.75, 3.05) is 48.3 Å². The third-order valence-corrected chi connectivity index (χ3v) is 6.99. The van der Waals surface area contributed by atoms with Gasteiger partial charge in [-0.05, 0) is 81.1 Å². The Morgan fingerprint density at radius 3 is 2.44 bits per heavy atom. The van der Waals surface area contributed by atoms with E-state index >= 15 is 0 Å². The lowest BCUT2D eigenvalue weighted by Crippen LogP contribution is -2.43. The molecule has 3 aromatic rings. The molecule has 0 saturated carbocycles. The SMILES string of the molecule is CCOc1ccc(N[C@@H]2CCCN(c3nnc(C(N)=O)c(Nc4ccc(C(=N)N5CCCC5)cc4)n3)C2)cc1. The van der Waals surface area contributed by atoms with Crippen molar-refractivity contribution in [2.45, 2.75) is 38.6 Å². The van der Waals surface area contributed by atoms with Gasteiger partial charge in [0.2, 0.25) is 5.95 Å². The van der Waals surface area contributed by atoms with Crippen molar-refractivity contribution in [3.8, 4) is 5.75 Å². The third kappa shape index (κ3) is 6.36. The number of hydrogen-bond donors (Lipinski definition) is 4. The molecule has 3 heterocycles. The Kier molecular flexibility index (Phi) is 8.04. The van der Waals surface area contributed by atoms with E-state index < -0.39 is 5.91 Å². The fourth-order valence-electron chi connectivity index (χ4n) is 5.00. The van der Waals surface area contributed by atoms with Gasteiger partial charge in [0.05, 0.1) is 6.61 Å². The molecule has 204 valence electrons. The molecule has 2 aliphatic rings. The molecule has 1 aromatic heterocycles. The van der Waals surface area contributed by atoms with Gasteiger partial charge in [0.15, 0.2) is 11.5 Å². The minimum Gasteiger partial charge on any atom is -0.494 e. The van der Waals surface area contributed by atoms with Crippen molar-refractivity contribution in [1.82, 2.24) is 20.1 Å². The number of nitrogens with zero attached hydrogens (tertiary/aromatic N) is 5. The summed E-state index contributed by atoms with van der Waals surface area (Å²) in [5.41, 5.74) is 8.15. The Labute approximate surface area is 228 Å². The zero-order valence-electron chi connectivity index (χ0n) is 22.2. The highest BCUT2D eigenvalue weighted by Gasteiger charge is 2.24. The molecular weight excluding hydrogens is 494 g/mol. The van der Waals surface area contributed by atoms with Crippen LogP contribution in [0.15, 0.2) is 48.5 Å². The van der Waals surface area contributed by atoms with Crippen LogP contribution in [0.3, 0.4) is 0 Å². The molecule has 2 saturated heterocycles. The molecule has 0 spiro atoms. The molecule has 1 atom stereocenters. The highest BCUT2D eigenvalue weighted by molar-refractivity contribution is 5.97. The fourth-order valence-corrected chi connectivity index (χ4v) is 5.00. The van der Waals surface area contributed by atoms with Crippen molar-refractivity contribution in [1.29, 1.82) is 5.41 Å². The Morgan fingerprint density at radius 2 is 1.74 bits per heavy atom. The average molecular weight is 530 g/mol. The Morgan fingerprint density at radius 1 is 1.03 bits per heavy atom. The Balaban J connectivity index is 1.28. The van der Waals surface area contributed by atoms with Crippen LogP contribution in [0.2, 0.25) is 0 Å². The van der Waals surface area contributed by atoms with Crippen molar-refractivity contribution in [2.24, 2.45) is 5.73 Å². The van der Waals surface area contributed by atoms with E-state index in [4.69, 9.17) is 15.9 Å². The van der Waals surface area contributed by atoms with Gasteiger partial charge in [-0.2, -0.15) is 4.98 Å². The first-order valence-corrected chi connectivity index (χ1v) is 13.5. The average Bonchev–Trinajstić information content (AvgIpc) is 3.50. The summed E-state index contributed by atoms with van der Waals surface area (Å²) in [5, 5.41) is 23.6. The standard InChI is InChI=1S/C28H35N9O2/c1-2-39-23-13-11-20(12-14-23)31-22-6-5-17-37(18-22)28-33-27(24(26(30)38)34-35-28)32-21-9-7-19(8-10-21)25(29)36-15-3-4-16-36/h7-14,22,29,31H,2-6,15-18H2,1H3,(H2,30,38)(H,32,33,35)/t22-/m1/s1. The normalized spacial score (nSPS) is 17.1. The quantitative estimate of drug-likeness (QED) is 0.241. The predicted molar refractivity (Wildman–Crippen MR) is 152 cm³/mol. The highest BCUT2D eigenvalue weighted by Crippen LogP contribution is 2.24. The minimum atomic E-state index is -0.704. The van der Waals surface area contributed by atoms with Gasteiger partial charge in [0.25, 0.3) is 5.91 Å². The van der Waals surface area contributed by atoms with Gasteiger partial charge in [-0.3, -0.25) is 10.2 Å². The molecule has 1 amide bonds. The number of rotatable bonds is 9. The number of benzene rings is 2. The third-order valence-electron chi connectivity index (χ3n) is 6.99. The van der Waals surface area contributed by atoms with Gasteiger partial charge in [-0.25, -0.2) is 0 Å². The second kappa shape index (κ2) is 12.0. The van der Waals surface area contributed by atoms with Gasteiger partial charge in [-0.1, -0.05) is 0 Å². The lowest BCUT2D eigenvalue weighted by Gasteiger charge is -2.33. The maximum atomic E-state index is 12.1. The van der Waals surface area contributed by atoms with E-state index in [2.05, 4.69) is 35.6 Å². The maximum Gasteiger partial charge on any atom is 0.273 e. The van der Waals surface area contributed by atoms with E-state index in [1.54, 1.807) is 0 Å². The largest absolute Gasteiger partial charge is 0.494 e. The van der Waals surface area contributed by atoms with Crippen LogP contribution in [0.5, 0.6) is 5.75 Å². The summed E-state index contributed by atoms with van der Waals surface area (Å²) in [4.78, 5) is 20.9. The molecule has 2 aromatic carbocycles. The van der Waals surface area contributed by atoms with Crippen molar-refractivity contribution >= 4 is 34.9 Å². The first-order chi connectivity index (χ1) is 19.0. The summed E-state index contributed by atoms with van der Waals surface area (Å²) in [6.45, 7) is 5.92. The van der Waals surface area contributed by atoms with Crippen LogP contribution >= 0.6 is 0 Å². The van der Waals surface area contributed by atoms with Crippen molar-refractivity contribution in [3.05, 3.63) is 59.8 Å². The van der Waals surface area contributed by atoms with Crippen molar-refractivity contribution in [3.63, 3.8) is 0 Å². The molecule has 5 N–H and O–H groups in total. The van der Waals surface area contributed by atoms with E-state index in [1.165, 1.54) is 0 Å². The number of piperidine rings is 1. The number of ether oxygens (including phenoxy) is 1. The van der Waals surface area contributed by atoms with Gasteiger partial charge in [0, 0.05) is 49.2 Å². The van der Waals surface area contributed by atoms with Crippen LogP contribution in [0.25, 0.3) is 0 Å². The molecule has 11 heteroatoms. The summed E-state index contributed by atoms with van der Waals surface area (Å²) in [6.07, 6.45) is 4.22. The number of carbonyl (C=O) groups is 1. The zero-order valence-corrected chi connectivity index (χ0v) is 22.2. The molecule has 11 nitrogen and oxygen atoms in total. The molecular formula is C28H35N9O2. The zero-order chi connectivity index (χ0) is 27.2. The second-order valence-corrected chi connectivity index (χ2v) is 9.81. The number of aromatic nitrogens is 3. The van der Waals surface area contributed by atoms with Gasteiger partial charge >= 0.3 is 0 Å². The van der Waals surface area contributed by atoms with Crippen LogP contribution < -0.4 is 26.0 Å². The molecule has 0 aliphatic carbocycles. The Hall–Kier alpha value is -4.41. The maximum absolute atomic E-state index is 12.1. The number of anilines is 4. The van der Waals surface area contributed by atoms with E-state index in [0.29, 0.717) is 24.9 Å². The first kappa shape index (κ1) is 26.2.